The summed E-state index contributed by atoms with van der Waals surface area (Å²) < 4.78 is 10.8. The first-order chi connectivity index (χ1) is 16.9. The fraction of sp³-hybridized carbons (Fsp3) is 0.222. The van der Waals surface area contributed by atoms with Gasteiger partial charge in [0.1, 0.15) is 18.4 Å². The van der Waals surface area contributed by atoms with Gasteiger partial charge in [-0.15, -0.1) is 0 Å². The average molecular weight is 475 g/mol. The highest BCUT2D eigenvalue weighted by Gasteiger charge is 2.29. The van der Waals surface area contributed by atoms with E-state index in [0.29, 0.717) is 5.75 Å². The van der Waals surface area contributed by atoms with E-state index in [1.165, 1.54) is 19.2 Å². The molecular weight excluding hydrogens is 448 g/mol. The number of nitrogens with one attached hydrogen (secondary N) is 2. The quantitative estimate of drug-likeness (QED) is 0.438. The lowest BCUT2D eigenvalue weighted by molar-refractivity contribution is -0.139. The molecule has 180 valence electrons. The maximum absolute atomic E-state index is 12.8. The topological polar surface area (TPSA) is 114 Å². The summed E-state index contributed by atoms with van der Waals surface area (Å²) in [4.78, 5) is 36.8. The number of rotatable bonds is 8. The summed E-state index contributed by atoms with van der Waals surface area (Å²) in [5.41, 5.74) is 4.66. The minimum absolute atomic E-state index is 0.0963. The van der Waals surface area contributed by atoms with Crippen LogP contribution in [-0.4, -0.2) is 42.8 Å². The Kier molecular flexibility index (Phi) is 7.01. The second-order valence-electron chi connectivity index (χ2n) is 8.13. The van der Waals surface area contributed by atoms with E-state index in [4.69, 9.17) is 9.47 Å². The molecule has 3 aromatic carbocycles. The highest BCUT2D eigenvalue weighted by Crippen LogP contribution is 2.44. The van der Waals surface area contributed by atoms with Crippen molar-refractivity contribution >= 4 is 23.7 Å². The van der Waals surface area contributed by atoms with Crippen molar-refractivity contribution < 1.29 is 29.0 Å². The van der Waals surface area contributed by atoms with Gasteiger partial charge in [0.15, 0.2) is 0 Å². The molecule has 1 aliphatic carbocycles. The second kappa shape index (κ2) is 10.3. The Hall–Kier alpha value is -4.33. The van der Waals surface area contributed by atoms with Crippen molar-refractivity contribution in [3.05, 3.63) is 83.4 Å². The number of carbonyl (C=O) groups excluding carboxylic acids is 2. The second-order valence-corrected chi connectivity index (χ2v) is 8.13. The molecule has 8 nitrogen and oxygen atoms in total. The molecular formula is C27H26N2O6. The lowest BCUT2D eigenvalue weighted by atomic mass is 9.98. The summed E-state index contributed by atoms with van der Waals surface area (Å²) in [5.74, 6) is -1.46. The number of benzene rings is 3. The molecule has 8 heteroatoms. The number of carbonyl (C=O) groups is 3. The van der Waals surface area contributed by atoms with Crippen molar-refractivity contribution in [1.29, 1.82) is 0 Å². The third-order valence-corrected chi connectivity index (χ3v) is 6.06. The molecule has 0 fully saturated rings. The largest absolute Gasteiger partial charge is 0.497 e. The highest BCUT2D eigenvalue weighted by atomic mass is 16.5. The number of aliphatic carboxylic acids is 1. The van der Waals surface area contributed by atoms with Gasteiger partial charge in [-0.2, -0.15) is 0 Å². The van der Waals surface area contributed by atoms with Crippen LogP contribution in [0.15, 0.2) is 66.7 Å². The van der Waals surface area contributed by atoms with Gasteiger partial charge in [-0.05, 0) is 40.8 Å². The van der Waals surface area contributed by atoms with E-state index in [-0.39, 0.29) is 30.2 Å². The van der Waals surface area contributed by atoms with E-state index < -0.39 is 24.0 Å². The zero-order valence-electron chi connectivity index (χ0n) is 19.4. The standard InChI is InChI=1S/C27H26N2O6/c1-3-23(26(31)32)28-25(30)21-13-12-16(34-2)14-24(21)29-27(33)35-15-22-19-10-6-4-8-17(19)18-9-5-7-11-20(18)22/h4-14,22-23H,3,15H2,1-2H3,(H,28,30)(H,29,33)(H,31,32). The van der Waals surface area contributed by atoms with Gasteiger partial charge in [-0.25, -0.2) is 9.59 Å². The van der Waals surface area contributed by atoms with E-state index in [0.717, 1.165) is 22.3 Å². The van der Waals surface area contributed by atoms with Gasteiger partial charge in [-0.3, -0.25) is 10.1 Å². The van der Waals surface area contributed by atoms with Crippen molar-refractivity contribution in [3.63, 3.8) is 0 Å². The maximum atomic E-state index is 12.8. The number of ether oxygens (including phenoxy) is 2. The normalized spacial score (nSPS) is 12.7. The monoisotopic (exact) mass is 474 g/mol. The first-order valence-electron chi connectivity index (χ1n) is 11.3. The van der Waals surface area contributed by atoms with Crippen LogP contribution in [0.1, 0.15) is 40.7 Å². The molecule has 1 atom stereocenters. The van der Waals surface area contributed by atoms with Gasteiger partial charge in [0, 0.05) is 12.0 Å². The summed E-state index contributed by atoms with van der Waals surface area (Å²) in [6.45, 7) is 1.77. The van der Waals surface area contributed by atoms with Gasteiger partial charge < -0.3 is 19.9 Å². The molecule has 0 aromatic heterocycles. The van der Waals surface area contributed by atoms with Crippen molar-refractivity contribution in [2.75, 3.05) is 19.0 Å². The molecule has 2 amide bonds. The number of fused-ring (bicyclic) bond motifs is 3. The first kappa shape index (κ1) is 23.8. The van der Waals surface area contributed by atoms with E-state index >= 15 is 0 Å². The number of carboxylic acids is 1. The van der Waals surface area contributed by atoms with Gasteiger partial charge in [0.2, 0.25) is 0 Å². The number of hydrogen-bond acceptors (Lipinski definition) is 5. The van der Waals surface area contributed by atoms with Crippen LogP contribution in [-0.2, 0) is 9.53 Å². The molecule has 0 saturated carbocycles. The SMILES string of the molecule is CCC(NC(=O)c1ccc(OC)cc1NC(=O)OCC1c2ccccc2-c2ccccc21)C(=O)O. The predicted octanol–water partition coefficient (Wildman–Crippen LogP) is 4.65. The summed E-state index contributed by atoms with van der Waals surface area (Å²) >= 11 is 0. The fourth-order valence-electron chi connectivity index (χ4n) is 4.27. The molecule has 0 radical (unpaired) electrons. The Morgan fingerprint density at radius 1 is 0.971 bits per heavy atom. The Morgan fingerprint density at radius 2 is 1.60 bits per heavy atom. The Balaban J connectivity index is 1.50. The average Bonchev–Trinajstić information content (AvgIpc) is 3.19. The Bertz CT molecular complexity index is 1230. The number of amides is 2. The van der Waals surface area contributed by atoms with Crippen molar-refractivity contribution in [2.45, 2.75) is 25.3 Å². The van der Waals surface area contributed by atoms with Crippen molar-refractivity contribution in [1.82, 2.24) is 5.32 Å². The third-order valence-electron chi connectivity index (χ3n) is 6.06. The van der Waals surface area contributed by atoms with Crippen LogP contribution in [0.5, 0.6) is 5.75 Å². The zero-order chi connectivity index (χ0) is 24.9. The summed E-state index contributed by atoms with van der Waals surface area (Å²) in [7, 11) is 1.46. The third kappa shape index (κ3) is 4.96. The van der Waals surface area contributed by atoms with Gasteiger partial charge in [0.05, 0.1) is 18.4 Å². The van der Waals surface area contributed by atoms with Crippen LogP contribution >= 0.6 is 0 Å². The van der Waals surface area contributed by atoms with Gasteiger partial charge in [-0.1, -0.05) is 55.5 Å². The van der Waals surface area contributed by atoms with Crippen LogP contribution in [0, 0.1) is 0 Å². The predicted molar refractivity (Wildman–Crippen MR) is 131 cm³/mol. The van der Waals surface area contributed by atoms with Crippen molar-refractivity contribution in [3.8, 4) is 16.9 Å². The summed E-state index contributed by atoms with van der Waals surface area (Å²) in [6, 6.07) is 19.5. The van der Waals surface area contributed by atoms with Crippen LogP contribution in [0.2, 0.25) is 0 Å². The maximum Gasteiger partial charge on any atom is 0.411 e. The number of methoxy groups -OCH3 is 1. The number of anilines is 1. The summed E-state index contributed by atoms with van der Waals surface area (Å²) in [5, 5.41) is 14.3. The summed E-state index contributed by atoms with van der Waals surface area (Å²) in [6.07, 6.45) is -0.522. The fourth-order valence-corrected chi connectivity index (χ4v) is 4.27. The molecule has 0 aliphatic heterocycles. The minimum atomic E-state index is -1.14. The lowest BCUT2D eigenvalue weighted by Crippen LogP contribution is -2.40. The lowest BCUT2D eigenvalue weighted by Gasteiger charge is -2.17. The van der Waals surface area contributed by atoms with Crippen LogP contribution in [0.3, 0.4) is 0 Å². The number of hydrogen-bond donors (Lipinski definition) is 3. The molecule has 3 aromatic rings. The van der Waals surface area contributed by atoms with Gasteiger partial charge >= 0.3 is 12.1 Å². The molecule has 0 saturated heterocycles. The Morgan fingerprint density at radius 3 is 2.17 bits per heavy atom. The molecule has 0 bridgehead atoms. The van der Waals surface area contributed by atoms with Crippen LogP contribution in [0.4, 0.5) is 10.5 Å². The minimum Gasteiger partial charge on any atom is -0.497 e. The zero-order valence-corrected chi connectivity index (χ0v) is 19.4. The van der Waals surface area contributed by atoms with Crippen LogP contribution in [0.25, 0.3) is 11.1 Å². The molecule has 0 heterocycles. The molecule has 1 aliphatic rings. The molecule has 3 N–H and O–H groups in total. The van der Waals surface area contributed by atoms with Crippen molar-refractivity contribution in [2.24, 2.45) is 0 Å². The smallest absolute Gasteiger partial charge is 0.411 e. The molecule has 1 unspecified atom stereocenters. The first-order valence-corrected chi connectivity index (χ1v) is 11.3. The van der Waals surface area contributed by atoms with Crippen LogP contribution < -0.4 is 15.4 Å². The highest BCUT2D eigenvalue weighted by molar-refractivity contribution is 6.04. The molecule has 35 heavy (non-hydrogen) atoms. The van der Waals surface area contributed by atoms with E-state index in [1.807, 2.05) is 36.4 Å². The molecule has 4 rings (SSSR count). The van der Waals surface area contributed by atoms with Gasteiger partial charge in [0.25, 0.3) is 5.91 Å². The van der Waals surface area contributed by atoms with E-state index in [1.54, 1.807) is 13.0 Å². The Labute approximate surface area is 202 Å². The molecule has 0 spiro atoms. The van der Waals surface area contributed by atoms with E-state index in [2.05, 4.69) is 22.8 Å². The number of carboxylic acid groups (broad SMARTS) is 1. The van der Waals surface area contributed by atoms with E-state index in [9.17, 15) is 19.5 Å².